The first-order valence-corrected chi connectivity index (χ1v) is 4.66. The minimum absolute atomic E-state index is 0.429. The molecule has 11 heavy (non-hydrogen) atoms. The van der Waals surface area contributed by atoms with Crippen molar-refractivity contribution in [2.45, 2.75) is 18.9 Å². The maximum atomic E-state index is 5.47. The number of rotatable bonds is 4. The molecule has 0 aliphatic heterocycles. The van der Waals surface area contributed by atoms with Gasteiger partial charge in [-0.2, -0.15) is 0 Å². The molecule has 3 heteroatoms. The zero-order chi connectivity index (χ0) is 8.27. The van der Waals surface area contributed by atoms with E-state index in [1.165, 1.54) is 0 Å². The summed E-state index contributed by atoms with van der Waals surface area (Å²) in [6.45, 7) is 5.12. The summed E-state index contributed by atoms with van der Waals surface area (Å²) in [5.41, 5.74) is 5.47. The molecule has 0 heterocycles. The number of halogens is 1. The lowest BCUT2D eigenvalue weighted by molar-refractivity contribution is -0.0149. The quantitative estimate of drug-likeness (QED) is 0.781. The third-order valence-corrected chi connectivity index (χ3v) is 2.23. The Kier molecular flexibility index (Phi) is 3.55. The van der Waals surface area contributed by atoms with Gasteiger partial charge >= 0.3 is 0 Å². The van der Waals surface area contributed by atoms with Gasteiger partial charge in [-0.1, -0.05) is 22.5 Å². The zero-order valence-electron chi connectivity index (χ0n) is 6.55. The molecule has 0 aromatic rings. The molecule has 0 spiro atoms. The lowest BCUT2D eigenvalue weighted by atomic mass is 9.82. The average molecular weight is 220 g/mol. The van der Waals surface area contributed by atoms with Crippen LogP contribution in [0.1, 0.15) is 12.8 Å². The molecule has 0 aromatic carbocycles. The summed E-state index contributed by atoms with van der Waals surface area (Å²) in [5, 5.41) is 0. The van der Waals surface area contributed by atoms with Gasteiger partial charge in [0.1, 0.15) is 0 Å². The predicted molar refractivity (Wildman–Crippen MR) is 49.6 cm³/mol. The highest BCUT2D eigenvalue weighted by Gasteiger charge is 2.28. The molecule has 1 aliphatic rings. The van der Waals surface area contributed by atoms with E-state index in [4.69, 9.17) is 10.5 Å². The molecule has 64 valence electrons. The molecule has 0 amide bonds. The molecule has 1 aliphatic carbocycles. The van der Waals surface area contributed by atoms with Gasteiger partial charge < -0.3 is 10.5 Å². The molecule has 2 N–H and O–H groups in total. The van der Waals surface area contributed by atoms with Crippen molar-refractivity contribution in [2.75, 3.05) is 13.2 Å². The van der Waals surface area contributed by atoms with E-state index in [1.807, 2.05) is 0 Å². The second-order valence-corrected chi connectivity index (χ2v) is 4.14. The molecule has 1 saturated carbocycles. The van der Waals surface area contributed by atoms with E-state index in [2.05, 4.69) is 22.5 Å². The number of hydrogen-bond donors (Lipinski definition) is 1. The fourth-order valence-electron chi connectivity index (χ4n) is 1.21. The van der Waals surface area contributed by atoms with Gasteiger partial charge in [0.25, 0.3) is 0 Å². The second-order valence-electron chi connectivity index (χ2n) is 3.02. The van der Waals surface area contributed by atoms with E-state index in [1.54, 1.807) is 0 Å². The van der Waals surface area contributed by atoms with Crippen LogP contribution in [-0.4, -0.2) is 19.3 Å². The third-order valence-electron chi connectivity index (χ3n) is 2.00. The van der Waals surface area contributed by atoms with Crippen molar-refractivity contribution < 1.29 is 4.74 Å². The fourth-order valence-corrected chi connectivity index (χ4v) is 1.34. The lowest BCUT2D eigenvalue weighted by Gasteiger charge is -2.34. The van der Waals surface area contributed by atoms with Crippen molar-refractivity contribution in [3.8, 4) is 0 Å². The third kappa shape index (κ3) is 2.93. The van der Waals surface area contributed by atoms with Crippen LogP contribution in [0.2, 0.25) is 0 Å². The van der Waals surface area contributed by atoms with Crippen LogP contribution in [0.4, 0.5) is 0 Å². The molecule has 0 radical (unpaired) electrons. The van der Waals surface area contributed by atoms with Crippen molar-refractivity contribution in [1.29, 1.82) is 0 Å². The Morgan fingerprint density at radius 1 is 1.64 bits per heavy atom. The normalized spacial score (nSPS) is 29.6. The highest BCUT2D eigenvalue weighted by atomic mass is 79.9. The Morgan fingerprint density at radius 2 is 2.27 bits per heavy atom. The molecule has 0 aromatic heterocycles. The first kappa shape index (κ1) is 9.23. The van der Waals surface area contributed by atoms with Crippen LogP contribution >= 0.6 is 15.9 Å². The second kappa shape index (κ2) is 4.24. The topological polar surface area (TPSA) is 35.2 Å². The van der Waals surface area contributed by atoms with Crippen LogP contribution in [0.25, 0.3) is 0 Å². The van der Waals surface area contributed by atoms with E-state index in [9.17, 15) is 0 Å². The number of nitrogens with two attached hydrogens (primary N) is 1. The van der Waals surface area contributed by atoms with E-state index in [0.29, 0.717) is 18.6 Å². The van der Waals surface area contributed by atoms with Gasteiger partial charge in [0.05, 0.1) is 12.7 Å². The Bertz CT molecular complexity index is 143. The number of hydrogen-bond acceptors (Lipinski definition) is 2. The Morgan fingerprint density at radius 3 is 2.73 bits per heavy atom. The molecule has 1 fully saturated rings. The first-order valence-electron chi connectivity index (χ1n) is 3.87. The van der Waals surface area contributed by atoms with Gasteiger partial charge in [-0.25, -0.2) is 0 Å². The van der Waals surface area contributed by atoms with E-state index in [-0.39, 0.29) is 0 Å². The summed E-state index contributed by atoms with van der Waals surface area (Å²) >= 11 is 3.24. The molecule has 0 bridgehead atoms. The van der Waals surface area contributed by atoms with Crippen molar-refractivity contribution in [3.63, 3.8) is 0 Å². The number of ether oxygens (including phenoxy) is 1. The van der Waals surface area contributed by atoms with Gasteiger partial charge in [0, 0.05) is 4.48 Å². The summed E-state index contributed by atoms with van der Waals surface area (Å²) in [7, 11) is 0. The molecule has 2 nitrogen and oxygen atoms in total. The van der Waals surface area contributed by atoms with Crippen LogP contribution in [0.5, 0.6) is 0 Å². The summed E-state index contributed by atoms with van der Waals surface area (Å²) in [6, 6.07) is 0. The van der Waals surface area contributed by atoms with Crippen molar-refractivity contribution in [3.05, 3.63) is 11.1 Å². The van der Waals surface area contributed by atoms with Crippen LogP contribution < -0.4 is 5.73 Å². The van der Waals surface area contributed by atoms with E-state index < -0.39 is 0 Å². The largest absolute Gasteiger partial charge is 0.373 e. The molecule has 0 saturated heterocycles. The van der Waals surface area contributed by atoms with Gasteiger partial charge in [0.2, 0.25) is 0 Å². The van der Waals surface area contributed by atoms with Gasteiger partial charge in [-0.05, 0) is 25.3 Å². The first-order chi connectivity index (χ1) is 5.22. The van der Waals surface area contributed by atoms with Crippen molar-refractivity contribution >= 4 is 15.9 Å². The monoisotopic (exact) mass is 219 g/mol. The summed E-state index contributed by atoms with van der Waals surface area (Å²) in [6.07, 6.45) is 2.67. The van der Waals surface area contributed by atoms with Gasteiger partial charge in [0.15, 0.2) is 0 Å². The van der Waals surface area contributed by atoms with Crippen molar-refractivity contribution in [1.82, 2.24) is 0 Å². The van der Waals surface area contributed by atoms with Crippen LogP contribution in [0.3, 0.4) is 0 Å². The zero-order valence-corrected chi connectivity index (χ0v) is 8.14. The standard InChI is InChI=1S/C8H14BrNO/c1-6(9)5-11-8-2-7(3-8)4-10/h7-8H,1-5,10H2. The summed E-state index contributed by atoms with van der Waals surface area (Å²) in [5.74, 6) is 0.698. The molecule has 1 rings (SSSR count). The molecule has 0 unspecified atom stereocenters. The Balaban J connectivity index is 2.00. The van der Waals surface area contributed by atoms with Gasteiger partial charge in [-0.3, -0.25) is 0 Å². The highest BCUT2D eigenvalue weighted by molar-refractivity contribution is 9.11. The minimum atomic E-state index is 0.429. The van der Waals surface area contributed by atoms with Crippen LogP contribution in [0, 0.1) is 5.92 Å². The Labute approximate surface area is 75.9 Å². The predicted octanol–water partition coefficient (Wildman–Crippen LogP) is 1.65. The van der Waals surface area contributed by atoms with E-state index >= 15 is 0 Å². The van der Waals surface area contributed by atoms with Crippen molar-refractivity contribution in [2.24, 2.45) is 11.7 Å². The SMILES string of the molecule is C=C(Br)COC1CC(CN)C1. The highest BCUT2D eigenvalue weighted by Crippen LogP contribution is 2.29. The average Bonchev–Trinajstić information content (AvgIpc) is 1.84. The lowest BCUT2D eigenvalue weighted by Crippen LogP contribution is -2.36. The maximum absolute atomic E-state index is 5.47. The van der Waals surface area contributed by atoms with Crippen LogP contribution in [-0.2, 0) is 4.74 Å². The molecular formula is C8H14BrNO. The van der Waals surface area contributed by atoms with Gasteiger partial charge in [-0.15, -0.1) is 0 Å². The summed E-state index contributed by atoms with van der Waals surface area (Å²) in [4.78, 5) is 0. The smallest absolute Gasteiger partial charge is 0.0779 e. The van der Waals surface area contributed by atoms with E-state index in [0.717, 1.165) is 23.9 Å². The minimum Gasteiger partial charge on any atom is -0.373 e. The fraction of sp³-hybridized carbons (Fsp3) is 0.750. The molecule has 0 atom stereocenters. The molecular weight excluding hydrogens is 206 g/mol. The van der Waals surface area contributed by atoms with Crippen LogP contribution in [0.15, 0.2) is 11.1 Å². The Hall–Kier alpha value is 0.140. The maximum Gasteiger partial charge on any atom is 0.0779 e. The summed E-state index contributed by atoms with van der Waals surface area (Å²) < 4.78 is 6.38.